The van der Waals surface area contributed by atoms with Crippen LogP contribution in [0.5, 0.6) is 0 Å². The maximum atomic E-state index is 13.3. The highest BCUT2D eigenvalue weighted by molar-refractivity contribution is 6.12. The number of hydrogen-bond donors (Lipinski definition) is 0. The molecule has 0 spiro atoms. The first-order chi connectivity index (χ1) is 18.5. The molecular weight excluding hydrogens is 483 g/mol. The third kappa shape index (κ3) is 5.09. The van der Waals surface area contributed by atoms with E-state index in [2.05, 4.69) is 0 Å². The van der Waals surface area contributed by atoms with Crippen molar-refractivity contribution in [3.63, 3.8) is 0 Å². The van der Waals surface area contributed by atoms with Crippen molar-refractivity contribution in [3.05, 3.63) is 179 Å². The van der Waals surface area contributed by atoms with Gasteiger partial charge in [-0.15, -0.1) is 0 Å². The first kappa shape index (κ1) is 25.0. The second-order valence-corrected chi connectivity index (χ2v) is 8.75. The minimum atomic E-state index is -4.43. The van der Waals surface area contributed by atoms with Gasteiger partial charge in [0.1, 0.15) is 5.71 Å². The zero-order valence-electron chi connectivity index (χ0n) is 20.3. The molecule has 0 bridgehead atoms. The van der Waals surface area contributed by atoms with Crippen molar-refractivity contribution in [2.75, 3.05) is 0 Å². The molecule has 5 rings (SSSR count). The fourth-order valence-electron chi connectivity index (χ4n) is 4.48. The van der Waals surface area contributed by atoms with Crippen molar-refractivity contribution in [1.29, 1.82) is 0 Å². The highest BCUT2D eigenvalue weighted by atomic mass is 19.4. The van der Waals surface area contributed by atoms with Crippen LogP contribution in [0.1, 0.15) is 33.4 Å². The Bertz CT molecular complexity index is 1390. The number of nitrogens with zero attached hydrogens (tertiary/aromatic N) is 1. The third-order valence-electron chi connectivity index (χ3n) is 6.35. The standard InChI is InChI=1S/C33H24F3NO/c34-33(35,36)30-23-21-26(22-24-30)31(25-13-5-1-6-14-25)37-38-32(27-15-7-2-8-16-27,28-17-9-3-10-18-28)29-19-11-4-12-20-29/h1-24H. The van der Waals surface area contributed by atoms with Gasteiger partial charge in [0.2, 0.25) is 5.60 Å². The molecule has 0 aliphatic heterocycles. The summed E-state index contributed by atoms with van der Waals surface area (Å²) in [7, 11) is 0. The molecule has 0 aromatic heterocycles. The Hall–Kier alpha value is -4.64. The predicted octanol–water partition coefficient (Wildman–Crippen LogP) is 8.47. The van der Waals surface area contributed by atoms with E-state index in [9.17, 15) is 13.2 Å². The molecule has 0 saturated heterocycles. The number of rotatable bonds is 7. The normalized spacial score (nSPS) is 12.2. The molecular formula is C33H24F3NO. The fraction of sp³-hybridized carbons (Fsp3) is 0.0606. The molecule has 2 nitrogen and oxygen atoms in total. The van der Waals surface area contributed by atoms with E-state index in [0.717, 1.165) is 34.4 Å². The second kappa shape index (κ2) is 10.8. The quantitative estimate of drug-likeness (QED) is 0.123. The lowest BCUT2D eigenvalue weighted by molar-refractivity contribution is -0.137. The number of halogens is 3. The van der Waals surface area contributed by atoms with E-state index in [4.69, 9.17) is 9.99 Å². The summed E-state index contributed by atoms with van der Waals surface area (Å²) >= 11 is 0. The maximum Gasteiger partial charge on any atom is 0.416 e. The number of benzene rings is 5. The predicted molar refractivity (Wildman–Crippen MR) is 144 cm³/mol. The van der Waals surface area contributed by atoms with Crippen molar-refractivity contribution in [2.24, 2.45) is 5.16 Å². The van der Waals surface area contributed by atoms with Gasteiger partial charge in [0.15, 0.2) is 0 Å². The maximum absolute atomic E-state index is 13.3. The van der Waals surface area contributed by atoms with Gasteiger partial charge in [-0.2, -0.15) is 13.2 Å². The largest absolute Gasteiger partial charge is 0.416 e. The van der Waals surface area contributed by atoms with Gasteiger partial charge in [0.25, 0.3) is 0 Å². The average Bonchev–Trinajstić information content (AvgIpc) is 2.97. The SMILES string of the molecule is FC(F)(F)c1ccc(C(=NOC(c2ccccc2)(c2ccccc2)c2ccccc2)c2ccccc2)cc1. The van der Waals surface area contributed by atoms with Crippen LogP contribution in [0.4, 0.5) is 13.2 Å². The van der Waals surface area contributed by atoms with Crippen molar-refractivity contribution < 1.29 is 18.0 Å². The summed E-state index contributed by atoms with van der Waals surface area (Å²) in [6, 6.07) is 43.6. The molecule has 0 amide bonds. The van der Waals surface area contributed by atoms with Crippen molar-refractivity contribution in [3.8, 4) is 0 Å². The molecule has 0 N–H and O–H groups in total. The molecule has 0 heterocycles. The molecule has 0 fully saturated rings. The Labute approximate surface area is 219 Å². The van der Waals surface area contributed by atoms with E-state index in [-0.39, 0.29) is 0 Å². The Morgan fingerprint density at radius 3 is 1.21 bits per heavy atom. The molecule has 0 saturated carbocycles. The summed E-state index contributed by atoms with van der Waals surface area (Å²) in [5.41, 5.74) is 2.40. The van der Waals surface area contributed by atoms with Crippen molar-refractivity contribution in [1.82, 2.24) is 0 Å². The van der Waals surface area contributed by atoms with Crippen LogP contribution >= 0.6 is 0 Å². The lowest BCUT2D eigenvalue weighted by Crippen LogP contribution is -2.31. The van der Waals surface area contributed by atoms with Crippen LogP contribution < -0.4 is 0 Å². The second-order valence-electron chi connectivity index (χ2n) is 8.75. The number of alkyl halides is 3. The molecule has 0 aliphatic rings. The lowest BCUT2D eigenvalue weighted by atomic mass is 9.80. The smallest absolute Gasteiger partial charge is 0.374 e. The van der Waals surface area contributed by atoms with Gasteiger partial charge in [-0.3, -0.25) is 0 Å². The molecule has 0 atom stereocenters. The molecule has 188 valence electrons. The van der Waals surface area contributed by atoms with Crippen LogP contribution in [0.15, 0.2) is 151 Å². The van der Waals surface area contributed by atoms with Gasteiger partial charge in [-0.1, -0.05) is 139 Å². The van der Waals surface area contributed by atoms with Crippen LogP contribution in [0.25, 0.3) is 0 Å². The fourth-order valence-corrected chi connectivity index (χ4v) is 4.48. The van der Waals surface area contributed by atoms with Gasteiger partial charge in [-0.05, 0) is 12.1 Å². The molecule has 5 heteroatoms. The Balaban J connectivity index is 1.72. The molecule has 38 heavy (non-hydrogen) atoms. The first-order valence-electron chi connectivity index (χ1n) is 12.1. The van der Waals surface area contributed by atoms with Gasteiger partial charge in [-0.25, -0.2) is 0 Å². The summed E-state index contributed by atoms with van der Waals surface area (Å²) in [5.74, 6) is 0. The van der Waals surface area contributed by atoms with Crippen molar-refractivity contribution >= 4 is 5.71 Å². The molecule has 0 aliphatic carbocycles. The molecule has 5 aromatic rings. The highest BCUT2D eigenvalue weighted by Crippen LogP contribution is 2.41. The highest BCUT2D eigenvalue weighted by Gasteiger charge is 2.40. The number of hydrogen-bond acceptors (Lipinski definition) is 2. The summed E-state index contributed by atoms with van der Waals surface area (Å²) in [5, 5.41) is 4.69. The van der Waals surface area contributed by atoms with Crippen LogP contribution in [-0.4, -0.2) is 5.71 Å². The molecule has 0 radical (unpaired) electrons. The summed E-state index contributed by atoms with van der Waals surface area (Å²) in [4.78, 5) is 6.62. The molecule has 0 unspecified atom stereocenters. The van der Waals surface area contributed by atoms with E-state index in [1.54, 1.807) is 0 Å². The van der Waals surface area contributed by atoms with Gasteiger partial charge < -0.3 is 4.84 Å². The first-order valence-corrected chi connectivity index (χ1v) is 12.1. The van der Waals surface area contributed by atoms with Gasteiger partial charge in [0.05, 0.1) is 5.56 Å². The van der Waals surface area contributed by atoms with E-state index in [0.29, 0.717) is 11.3 Å². The molecule has 5 aromatic carbocycles. The lowest BCUT2D eigenvalue weighted by Gasteiger charge is -2.33. The zero-order valence-corrected chi connectivity index (χ0v) is 20.3. The Morgan fingerprint density at radius 2 is 0.816 bits per heavy atom. The van der Waals surface area contributed by atoms with Crippen LogP contribution in [-0.2, 0) is 16.6 Å². The average molecular weight is 508 g/mol. The van der Waals surface area contributed by atoms with Crippen LogP contribution in [0.3, 0.4) is 0 Å². The van der Waals surface area contributed by atoms with Crippen molar-refractivity contribution in [2.45, 2.75) is 11.8 Å². The minimum Gasteiger partial charge on any atom is -0.374 e. The summed E-state index contributed by atoms with van der Waals surface area (Å²) < 4.78 is 39.8. The van der Waals surface area contributed by atoms with Gasteiger partial charge in [0, 0.05) is 27.8 Å². The van der Waals surface area contributed by atoms with E-state index in [1.807, 2.05) is 121 Å². The van der Waals surface area contributed by atoms with Crippen LogP contribution in [0.2, 0.25) is 0 Å². The zero-order chi connectivity index (χ0) is 26.4. The summed E-state index contributed by atoms with van der Waals surface area (Å²) in [6.07, 6.45) is -4.43. The van der Waals surface area contributed by atoms with E-state index >= 15 is 0 Å². The Kier molecular flexibility index (Phi) is 7.09. The monoisotopic (exact) mass is 507 g/mol. The van der Waals surface area contributed by atoms with E-state index in [1.165, 1.54) is 12.1 Å². The third-order valence-corrected chi connectivity index (χ3v) is 6.35. The Morgan fingerprint density at radius 1 is 0.447 bits per heavy atom. The topological polar surface area (TPSA) is 21.6 Å². The number of oxime groups is 1. The van der Waals surface area contributed by atoms with Crippen LogP contribution in [0, 0.1) is 0 Å². The minimum absolute atomic E-state index is 0.423. The van der Waals surface area contributed by atoms with E-state index < -0.39 is 17.3 Å². The summed E-state index contributed by atoms with van der Waals surface area (Å²) in [6.45, 7) is 0. The van der Waals surface area contributed by atoms with Gasteiger partial charge >= 0.3 is 6.18 Å².